The van der Waals surface area contributed by atoms with Crippen molar-refractivity contribution < 1.29 is 31.5 Å². The first-order valence-corrected chi connectivity index (χ1v) is 15.9. The van der Waals surface area contributed by atoms with Crippen molar-refractivity contribution in [3.63, 3.8) is 0 Å². The Bertz CT molecular complexity index is 1620. The molecule has 0 bridgehead atoms. The first-order chi connectivity index (χ1) is 19.2. The van der Waals surface area contributed by atoms with E-state index in [1.54, 1.807) is 26.1 Å². The van der Waals surface area contributed by atoms with Gasteiger partial charge >= 0.3 is 0 Å². The van der Waals surface area contributed by atoms with Crippen LogP contribution >= 0.6 is 0 Å². The third-order valence-corrected chi connectivity index (χ3v) is 10.1. The van der Waals surface area contributed by atoms with Crippen molar-refractivity contribution in [2.45, 2.75) is 42.8 Å². The van der Waals surface area contributed by atoms with Crippen LogP contribution in [0.3, 0.4) is 0 Å². The number of nitrogens with zero attached hydrogens (tertiary/aromatic N) is 4. The predicted octanol–water partition coefficient (Wildman–Crippen LogP) is 2.07. The number of aromatic nitrogens is 2. The SMILES string of the molecule is Cc1ccc(S(=O)(=O)N(C)C[C@@H]2Oc3c(NS(=O)(=O)c4cn(C)cn4)cccc3C(=O)N([C@H](C)CO)C[C@@H]2C)cc1. The third kappa shape index (κ3) is 6.40. The molecule has 0 unspecified atom stereocenters. The van der Waals surface area contributed by atoms with Crippen LogP contribution in [0.25, 0.3) is 0 Å². The molecule has 0 saturated carbocycles. The number of fused-ring (bicyclic) bond motifs is 1. The van der Waals surface area contributed by atoms with Crippen molar-refractivity contribution in [3.05, 3.63) is 66.1 Å². The molecule has 0 spiro atoms. The number of anilines is 1. The van der Waals surface area contributed by atoms with Gasteiger partial charge in [-0.3, -0.25) is 9.52 Å². The van der Waals surface area contributed by atoms with Crippen molar-refractivity contribution >= 4 is 31.6 Å². The van der Waals surface area contributed by atoms with Crippen LogP contribution in [0.15, 0.2) is 64.9 Å². The van der Waals surface area contributed by atoms with Crippen LogP contribution in [-0.2, 0) is 27.1 Å². The highest BCUT2D eigenvalue weighted by molar-refractivity contribution is 7.92. The normalized spacial score (nSPS) is 18.8. The topological polar surface area (TPSA) is 151 Å². The molecule has 1 aliphatic rings. The number of sulfonamides is 2. The molecule has 2 N–H and O–H groups in total. The number of rotatable bonds is 9. The molecule has 1 aliphatic heterocycles. The molecular weight excluding hydrogens is 570 g/mol. The minimum absolute atomic E-state index is 0.00116. The summed E-state index contributed by atoms with van der Waals surface area (Å²) in [6, 6.07) is 10.4. The van der Waals surface area contributed by atoms with Gasteiger partial charge in [0.25, 0.3) is 15.9 Å². The molecule has 0 radical (unpaired) electrons. The van der Waals surface area contributed by atoms with Gasteiger partial charge in [0.2, 0.25) is 10.0 Å². The second kappa shape index (κ2) is 11.8. The fourth-order valence-corrected chi connectivity index (χ4v) is 6.74. The summed E-state index contributed by atoms with van der Waals surface area (Å²) in [6.45, 7) is 5.16. The molecule has 41 heavy (non-hydrogen) atoms. The van der Waals surface area contributed by atoms with Gasteiger partial charge < -0.3 is 19.3 Å². The van der Waals surface area contributed by atoms with Gasteiger partial charge in [0, 0.05) is 32.8 Å². The Balaban J connectivity index is 1.76. The van der Waals surface area contributed by atoms with Gasteiger partial charge in [-0.05, 0) is 38.1 Å². The van der Waals surface area contributed by atoms with Gasteiger partial charge in [0.15, 0.2) is 10.8 Å². The Labute approximate surface area is 240 Å². The number of hydrogen-bond acceptors (Lipinski definition) is 8. The molecular formula is C27H35N5O7S2. The number of aliphatic hydroxyl groups excluding tert-OH is 1. The molecule has 14 heteroatoms. The van der Waals surface area contributed by atoms with Crippen LogP contribution in [-0.4, -0.2) is 85.5 Å². The highest BCUT2D eigenvalue weighted by Gasteiger charge is 2.36. The molecule has 0 fully saturated rings. The highest BCUT2D eigenvalue weighted by atomic mass is 32.2. The number of aryl methyl sites for hydroxylation is 2. The Hall–Kier alpha value is -3.46. The van der Waals surface area contributed by atoms with Crippen molar-refractivity contribution in [2.75, 3.05) is 31.5 Å². The van der Waals surface area contributed by atoms with Crippen LogP contribution in [0.2, 0.25) is 0 Å². The molecule has 3 aromatic rings. The van der Waals surface area contributed by atoms with Crippen molar-refractivity contribution in [1.29, 1.82) is 0 Å². The lowest BCUT2D eigenvalue weighted by atomic mass is 9.99. The number of likely N-dealkylation sites (N-methyl/N-ethyl adjacent to an activating group) is 1. The summed E-state index contributed by atoms with van der Waals surface area (Å²) >= 11 is 0. The Kier molecular flexibility index (Phi) is 8.78. The van der Waals surface area contributed by atoms with Gasteiger partial charge in [-0.1, -0.05) is 30.7 Å². The van der Waals surface area contributed by atoms with E-state index < -0.39 is 44.0 Å². The maximum absolute atomic E-state index is 13.7. The van der Waals surface area contributed by atoms with Crippen molar-refractivity contribution in [3.8, 4) is 5.75 Å². The third-order valence-electron chi connectivity index (χ3n) is 7.06. The number of nitrogens with one attached hydrogen (secondary N) is 1. The van der Waals surface area contributed by atoms with Gasteiger partial charge in [0.1, 0.15) is 6.10 Å². The first kappa shape index (κ1) is 30.5. The summed E-state index contributed by atoms with van der Waals surface area (Å²) in [5.41, 5.74) is 0.998. The van der Waals surface area contributed by atoms with Gasteiger partial charge in [-0.25, -0.2) is 13.4 Å². The molecule has 2 aromatic carbocycles. The number of amides is 1. The van der Waals surface area contributed by atoms with Crippen molar-refractivity contribution in [2.24, 2.45) is 13.0 Å². The lowest BCUT2D eigenvalue weighted by Gasteiger charge is -2.38. The minimum Gasteiger partial charge on any atom is -0.486 e. The van der Waals surface area contributed by atoms with Crippen molar-refractivity contribution in [1.82, 2.24) is 18.8 Å². The smallest absolute Gasteiger partial charge is 0.281 e. The Morgan fingerprint density at radius 3 is 2.46 bits per heavy atom. The zero-order valence-corrected chi connectivity index (χ0v) is 25.2. The second-order valence-corrected chi connectivity index (χ2v) is 14.1. The maximum atomic E-state index is 13.7. The first-order valence-electron chi connectivity index (χ1n) is 13.0. The van der Waals surface area contributed by atoms with E-state index in [0.29, 0.717) is 0 Å². The largest absolute Gasteiger partial charge is 0.486 e. The number of carbonyl (C=O) groups excluding carboxylic acids is 1. The number of imidazole rings is 1. The van der Waals surface area contributed by atoms with E-state index in [1.165, 1.54) is 63.7 Å². The summed E-state index contributed by atoms with van der Waals surface area (Å²) in [5.74, 6) is -0.895. The zero-order valence-electron chi connectivity index (χ0n) is 23.6. The van der Waals surface area contributed by atoms with Gasteiger partial charge in [0.05, 0.1) is 41.7 Å². The number of carbonyl (C=O) groups is 1. The Morgan fingerprint density at radius 1 is 1.17 bits per heavy atom. The molecule has 222 valence electrons. The monoisotopic (exact) mass is 605 g/mol. The number of hydrogen-bond donors (Lipinski definition) is 2. The molecule has 3 atom stereocenters. The zero-order chi connectivity index (χ0) is 30.1. The molecule has 0 saturated heterocycles. The summed E-state index contributed by atoms with van der Waals surface area (Å²) in [7, 11) is -4.95. The summed E-state index contributed by atoms with van der Waals surface area (Å²) in [4.78, 5) is 19.2. The average Bonchev–Trinajstić information content (AvgIpc) is 3.38. The van der Waals surface area contributed by atoms with Crippen LogP contribution in [0.5, 0.6) is 5.75 Å². The summed E-state index contributed by atoms with van der Waals surface area (Å²) < 4.78 is 64.5. The predicted molar refractivity (Wildman–Crippen MR) is 153 cm³/mol. The van der Waals surface area contributed by atoms with Crippen LogP contribution in [0.1, 0.15) is 29.8 Å². The molecule has 4 rings (SSSR count). The molecule has 0 aliphatic carbocycles. The maximum Gasteiger partial charge on any atom is 0.281 e. The van der Waals surface area contributed by atoms with E-state index in [9.17, 15) is 26.7 Å². The van der Waals surface area contributed by atoms with E-state index >= 15 is 0 Å². The van der Waals surface area contributed by atoms with Crippen LogP contribution in [0, 0.1) is 12.8 Å². The number of benzene rings is 2. The Morgan fingerprint density at radius 2 is 1.85 bits per heavy atom. The molecule has 1 amide bonds. The molecule has 1 aromatic heterocycles. The standard InChI is InChI=1S/C27H35N5O7S2/c1-18-9-11-21(12-10-18)41(37,38)31(5)14-24-19(2)13-32(20(3)16-33)27(34)22-7-6-8-23(26(22)39-24)29-40(35,36)25-15-30(4)17-28-25/h6-12,15,17,19-20,24,29,33H,13-14,16H2,1-5H3/t19-,20+,24-/m0/s1. The van der Waals surface area contributed by atoms with Gasteiger partial charge in [-0.15, -0.1) is 0 Å². The quantitative estimate of drug-likeness (QED) is 0.376. The number of para-hydroxylation sites is 1. The fourth-order valence-electron chi connectivity index (χ4n) is 4.51. The van der Waals surface area contributed by atoms with Crippen LogP contribution < -0.4 is 9.46 Å². The van der Waals surface area contributed by atoms with Gasteiger partial charge in [-0.2, -0.15) is 12.7 Å². The average molecular weight is 606 g/mol. The van der Waals surface area contributed by atoms with Crippen LogP contribution in [0.4, 0.5) is 5.69 Å². The van der Waals surface area contributed by atoms with E-state index in [2.05, 4.69) is 9.71 Å². The van der Waals surface area contributed by atoms with E-state index in [1.807, 2.05) is 13.8 Å². The van der Waals surface area contributed by atoms with E-state index in [0.717, 1.165) is 5.56 Å². The summed E-state index contributed by atoms with van der Waals surface area (Å²) in [5, 5.41) is 9.66. The fraction of sp³-hybridized carbons (Fsp3) is 0.407. The van der Waals surface area contributed by atoms with E-state index in [-0.39, 0.29) is 46.6 Å². The lowest BCUT2D eigenvalue weighted by Crippen LogP contribution is -2.50. The van der Waals surface area contributed by atoms with E-state index in [4.69, 9.17) is 4.74 Å². The lowest BCUT2D eigenvalue weighted by molar-refractivity contribution is 0.0389. The minimum atomic E-state index is -4.15. The number of ether oxygens (including phenoxy) is 1. The molecule has 12 nitrogen and oxygen atoms in total. The highest BCUT2D eigenvalue weighted by Crippen LogP contribution is 2.36. The summed E-state index contributed by atoms with van der Waals surface area (Å²) in [6.07, 6.45) is 1.89. The second-order valence-electron chi connectivity index (χ2n) is 10.4. The number of aliphatic hydroxyl groups is 1. The molecule has 2 heterocycles.